The van der Waals surface area contributed by atoms with Crippen LogP contribution in [-0.2, 0) is 6.42 Å². The Balaban J connectivity index is 1.94. The molecule has 3 aromatic rings. The minimum absolute atomic E-state index is 0.964. The predicted octanol–water partition coefficient (Wildman–Crippen LogP) is 3.52. The minimum Gasteiger partial charge on any atom is -0.369 e. The quantitative estimate of drug-likeness (QED) is 0.785. The zero-order chi connectivity index (χ0) is 15.1. The molecule has 4 nitrogen and oxygen atoms in total. The number of rotatable bonds is 2. The number of benzene rings is 1. The van der Waals surface area contributed by atoms with E-state index in [9.17, 15) is 0 Å². The fraction of sp³-hybridized carbons (Fsp3) is 0.222. The van der Waals surface area contributed by atoms with E-state index < -0.39 is 0 Å². The van der Waals surface area contributed by atoms with Crippen molar-refractivity contribution in [1.29, 1.82) is 0 Å². The summed E-state index contributed by atoms with van der Waals surface area (Å²) in [6, 6.07) is 10.4. The lowest BCUT2D eigenvalue weighted by atomic mass is 10.1. The standard InChI is InChI=1S/C18H18N4/c1-12-5-3-7-16(13(12)2)22-18-15(8-10-20-18)17(21-22)14-6-4-9-19-11-14/h3-7,9,11,20H,8,10H2,1-2H3. The van der Waals surface area contributed by atoms with Crippen molar-refractivity contribution in [1.82, 2.24) is 14.8 Å². The summed E-state index contributed by atoms with van der Waals surface area (Å²) in [6.07, 6.45) is 4.68. The molecule has 0 radical (unpaired) electrons. The van der Waals surface area contributed by atoms with Gasteiger partial charge in [0, 0.05) is 30.1 Å². The smallest absolute Gasteiger partial charge is 0.133 e. The zero-order valence-electron chi connectivity index (χ0n) is 12.8. The molecule has 4 rings (SSSR count). The van der Waals surface area contributed by atoms with E-state index >= 15 is 0 Å². The van der Waals surface area contributed by atoms with Gasteiger partial charge in [-0.15, -0.1) is 0 Å². The summed E-state index contributed by atoms with van der Waals surface area (Å²) in [4.78, 5) is 4.23. The lowest BCUT2D eigenvalue weighted by Crippen LogP contribution is -2.06. The van der Waals surface area contributed by atoms with Crippen LogP contribution >= 0.6 is 0 Å². The first-order chi connectivity index (χ1) is 10.8. The first-order valence-corrected chi connectivity index (χ1v) is 7.58. The summed E-state index contributed by atoms with van der Waals surface area (Å²) in [5, 5.41) is 8.37. The van der Waals surface area contributed by atoms with Crippen LogP contribution in [0.5, 0.6) is 0 Å². The Hall–Kier alpha value is -2.62. The van der Waals surface area contributed by atoms with Crippen molar-refractivity contribution in [3.8, 4) is 16.9 Å². The van der Waals surface area contributed by atoms with Gasteiger partial charge in [-0.05, 0) is 49.6 Å². The molecular weight excluding hydrogens is 272 g/mol. The third kappa shape index (κ3) is 1.91. The van der Waals surface area contributed by atoms with Crippen molar-refractivity contribution in [3.05, 3.63) is 59.4 Å². The fourth-order valence-electron chi connectivity index (χ4n) is 3.05. The van der Waals surface area contributed by atoms with Gasteiger partial charge >= 0.3 is 0 Å². The van der Waals surface area contributed by atoms with Crippen LogP contribution in [0.15, 0.2) is 42.7 Å². The Morgan fingerprint density at radius 1 is 1.14 bits per heavy atom. The number of nitrogens with one attached hydrogen (secondary N) is 1. The van der Waals surface area contributed by atoms with Crippen LogP contribution in [0, 0.1) is 13.8 Å². The van der Waals surface area contributed by atoms with E-state index in [-0.39, 0.29) is 0 Å². The maximum atomic E-state index is 4.89. The highest BCUT2D eigenvalue weighted by Gasteiger charge is 2.24. The molecule has 1 N–H and O–H groups in total. The van der Waals surface area contributed by atoms with Crippen molar-refractivity contribution >= 4 is 5.82 Å². The molecule has 1 aliphatic rings. The number of aryl methyl sites for hydroxylation is 1. The third-order valence-electron chi connectivity index (χ3n) is 4.39. The molecule has 22 heavy (non-hydrogen) atoms. The third-order valence-corrected chi connectivity index (χ3v) is 4.39. The molecule has 2 aromatic heterocycles. The van der Waals surface area contributed by atoms with Gasteiger partial charge in [-0.25, -0.2) is 4.68 Å². The van der Waals surface area contributed by atoms with Crippen LogP contribution in [0.1, 0.15) is 16.7 Å². The van der Waals surface area contributed by atoms with Gasteiger partial charge in [0.25, 0.3) is 0 Å². The lowest BCUT2D eigenvalue weighted by molar-refractivity contribution is 0.873. The second-order valence-corrected chi connectivity index (χ2v) is 5.73. The number of anilines is 1. The van der Waals surface area contributed by atoms with Gasteiger partial charge in [0.15, 0.2) is 0 Å². The van der Waals surface area contributed by atoms with Crippen LogP contribution in [0.2, 0.25) is 0 Å². The highest BCUT2D eigenvalue weighted by molar-refractivity contribution is 5.72. The van der Waals surface area contributed by atoms with Gasteiger partial charge in [0.1, 0.15) is 5.82 Å². The van der Waals surface area contributed by atoms with Crippen LogP contribution in [0.3, 0.4) is 0 Å². The number of hydrogen-bond donors (Lipinski definition) is 1. The van der Waals surface area contributed by atoms with E-state index in [4.69, 9.17) is 5.10 Å². The molecule has 0 aliphatic carbocycles. The molecule has 110 valence electrons. The van der Waals surface area contributed by atoms with Crippen molar-refractivity contribution in [2.75, 3.05) is 11.9 Å². The Morgan fingerprint density at radius 2 is 2.05 bits per heavy atom. The van der Waals surface area contributed by atoms with Crippen LogP contribution in [-0.4, -0.2) is 21.3 Å². The fourth-order valence-corrected chi connectivity index (χ4v) is 3.05. The monoisotopic (exact) mass is 290 g/mol. The molecule has 0 atom stereocenters. The molecule has 0 spiro atoms. The maximum Gasteiger partial charge on any atom is 0.133 e. The molecule has 4 heteroatoms. The van der Waals surface area contributed by atoms with Gasteiger partial charge in [-0.1, -0.05) is 12.1 Å². The first-order valence-electron chi connectivity index (χ1n) is 7.58. The molecule has 0 saturated carbocycles. The van der Waals surface area contributed by atoms with E-state index in [1.165, 1.54) is 16.7 Å². The van der Waals surface area contributed by atoms with E-state index in [1.807, 2.05) is 16.9 Å². The lowest BCUT2D eigenvalue weighted by Gasteiger charge is -2.11. The van der Waals surface area contributed by atoms with E-state index in [1.54, 1.807) is 6.20 Å². The van der Waals surface area contributed by atoms with Crippen LogP contribution < -0.4 is 5.32 Å². The van der Waals surface area contributed by atoms with Crippen molar-refractivity contribution in [3.63, 3.8) is 0 Å². The van der Waals surface area contributed by atoms with E-state index in [0.29, 0.717) is 0 Å². The first kappa shape index (κ1) is 13.1. The number of pyridine rings is 1. The number of nitrogens with zero attached hydrogens (tertiary/aromatic N) is 3. The molecule has 3 heterocycles. The Morgan fingerprint density at radius 3 is 2.86 bits per heavy atom. The topological polar surface area (TPSA) is 42.7 Å². The second-order valence-electron chi connectivity index (χ2n) is 5.73. The van der Waals surface area contributed by atoms with Crippen molar-refractivity contribution in [2.24, 2.45) is 0 Å². The Kier molecular flexibility index (Phi) is 2.96. The molecule has 1 aromatic carbocycles. The average molecular weight is 290 g/mol. The number of hydrogen-bond acceptors (Lipinski definition) is 3. The van der Waals surface area contributed by atoms with Gasteiger partial charge < -0.3 is 5.32 Å². The van der Waals surface area contributed by atoms with E-state index in [2.05, 4.69) is 48.4 Å². The van der Waals surface area contributed by atoms with Crippen molar-refractivity contribution < 1.29 is 0 Å². The summed E-state index contributed by atoms with van der Waals surface area (Å²) in [6.45, 7) is 5.25. The molecule has 0 saturated heterocycles. The SMILES string of the molecule is Cc1cccc(-n2nc(-c3cccnc3)c3c2NCC3)c1C. The van der Waals surface area contributed by atoms with Crippen LogP contribution in [0.25, 0.3) is 16.9 Å². The Bertz CT molecular complexity index is 834. The van der Waals surface area contributed by atoms with Gasteiger partial charge in [0.05, 0.1) is 11.4 Å². The van der Waals surface area contributed by atoms with Crippen molar-refractivity contribution in [2.45, 2.75) is 20.3 Å². The normalized spacial score (nSPS) is 13.0. The number of aromatic nitrogens is 3. The van der Waals surface area contributed by atoms with Gasteiger partial charge in [-0.3, -0.25) is 4.98 Å². The van der Waals surface area contributed by atoms with Crippen LogP contribution in [0.4, 0.5) is 5.82 Å². The predicted molar refractivity (Wildman–Crippen MR) is 88.5 cm³/mol. The summed E-state index contributed by atoms with van der Waals surface area (Å²) in [5.74, 6) is 1.12. The zero-order valence-corrected chi connectivity index (χ0v) is 12.8. The van der Waals surface area contributed by atoms with E-state index in [0.717, 1.165) is 35.7 Å². The molecular formula is C18H18N4. The largest absolute Gasteiger partial charge is 0.369 e. The molecule has 1 aliphatic heterocycles. The molecule has 0 unspecified atom stereocenters. The van der Waals surface area contributed by atoms with Gasteiger partial charge in [-0.2, -0.15) is 5.10 Å². The highest BCUT2D eigenvalue weighted by atomic mass is 15.3. The minimum atomic E-state index is 0.964. The summed E-state index contributed by atoms with van der Waals surface area (Å²) >= 11 is 0. The summed E-state index contributed by atoms with van der Waals surface area (Å²) < 4.78 is 2.05. The van der Waals surface area contributed by atoms with Gasteiger partial charge in [0.2, 0.25) is 0 Å². The maximum absolute atomic E-state index is 4.89. The second kappa shape index (κ2) is 4.98. The molecule has 0 bridgehead atoms. The number of fused-ring (bicyclic) bond motifs is 1. The molecule has 0 amide bonds. The highest BCUT2D eigenvalue weighted by Crippen LogP contribution is 2.35. The average Bonchev–Trinajstić information content (AvgIpc) is 3.13. The Labute approximate surface area is 129 Å². The summed E-state index contributed by atoms with van der Waals surface area (Å²) in [7, 11) is 0. The molecule has 0 fully saturated rings. The summed E-state index contributed by atoms with van der Waals surface area (Å²) in [5.41, 5.74) is 7.08.